The average molecular weight is 269 g/mol. The Labute approximate surface area is 120 Å². The van der Waals surface area contributed by atoms with Crippen LogP contribution in [0.25, 0.3) is 0 Å². The van der Waals surface area contributed by atoms with E-state index >= 15 is 0 Å². The molecule has 1 rings (SSSR count). The van der Waals surface area contributed by atoms with E-state index in [4.69, 9.17) is 4.74 Å². The molecule has 0 saturated heterocycles. The normalized spacial score (nSPS) is 28.6. The molecule has 0 aromatic heterocycles. The van der Waals surface area contributed by atoms with Crippen molar-refractivity contribution in [3.05, 3.63) is 0 Å². The van der Waals surface area contributed by atoms with Crippen LogP contribution < -0.4 is 5.32 Å². The van der Waals surface area contributed by atoms with E-state index in [2.05, 4.69) is 40.1 Å². The highest BCUT2D eigenvalue weighted by Gasteiger charge is 2.37. The molecule has 2 heteroatoms. The lowest BCUT2D eigenvalue weighted by Crippen LogP contribution is -2.39. The molecule has 0 atom stereocenters. The fraction of sp³-hybridized carbons (Fsp3) is 1.00. The smallest absolute Gasteiger partial charge is 0.0471 e. The second kappa shape index (κ2) is 7.64. The molecule has 1 aliphatic carbocycles. The molecule has 0 aliphatic heterocycles. The molecule has 0 aromatic carbocycles. The first-order chi connectivity index (χ1) is 8.93. The molecule has 2 nitrogen and oxygen atoms in total. The van der Waals surface area contributed by atoms with Crippen LogP contribution in [0.5, 0.6) is 0 Å². The Hall–Kier alpha value is -0.0800. The third-order valence-electron chi connectivity index (χ3n) is 4.95. The standard InChI is InChI=1S/C17H35NO/c1-6-12-19-13-11-17(14-18-5)9-7-15(8-10-17)16(2,3)4/h15,18H,6-14H2,1-5H3. The number of hydrogen-bond donors (Lipinski definition) is 1. The van der Waals surface area contributed by atoms with Crippen LogP contribution in [0.15, 0.2) is 0 Å². The van der Waals surface area contributed by atoms with Gasteiger partial charge in [0.05, 0.1) is 0 Å². The van der Waals surface area contributed by atoms with E-state index in [1.807, 2.05) is 0 Å². The maximum absolute atomic E-state index is 5.72. The molecule has 0 radical (unpaired) electrons. The van der Waals surface area contributed by atoms with Gasteiger partial charge in [-0.2, -0.15) is 0 Å². The Bertz CT molecular complexity index is 236. The maximum atomic E-state index is 5.72. The van der Waals surface area contributed by atoms with Crippen molar-refractivity contribution in [2.45, 2.75) is 66.2 Å². The SMILES string of the molecule is CCCOCCC1(CNC)CCC(C(C)(C)C)CC1. The highest BCUT2D eigenvalue weighted by molar-refractivity contribution is 4.90. The lowest BCUT2D eigenvalue weighted by atomic mass is 9.63. The van der Waals surface area contributed by atoms with E-state index in [1.165, 1.54) is 32.1 Å². The van der Waals surface area contributed by atoms with Crippen molar-refractivity contribution in [3.63, 3.8) is 0 Å². The second-order valence-corrected chi connectivity index (χ2v) is 7.53. The van der Waals surface area contributed by atoms with Crippen molar-refractivity contribution >= 4 is 0 Å². The van der Waals surface area contributed by atoms with Crippen LogP contribution in [-0.4, -0.2) is 26.8 Å². The average Bonchev–Trinajstić information content (AvgIpc) is 2.35. The Morgan fingerprint density at radius 3 is 2.26 bits per heavy atom. The molecule has 1 fully saturated rings. The summed E-state index contributed by atoms with van der Waals surface area (Å²) >= 11 is 0. The van der Waals surface area contributed by atoms with Gasteiger partial charge in [0.1, 0.15) is 0 Å². The van der Waals surface area contributed by atoms with E-state index in [-0.39, 0.29) is 0 Å². The zero-order chi connectivity index (χ0) is 14.4. The second-order valence-electron chi connectivity index (χ2n) is 7.53. The molecule has 0 aromatic rings. The van der Waals surface area contributed by atoms with Gasteiger partial charge in [0, 0.05) is 19.8 Å². The molecule has 114 valence electrons. The topological polar surface area (TPSA) is 21.3 Å². The molecule has 1 aliphatic rings. The van der Waals surface area contributed by atoms with Gasteiger partial charge in [-0.1, -0.05) is 27.7 Å². The van der Waals surface area contributed by atoms with Gasteiger partial charge >= 0.3 is 0 Å². The van der Waals surface area contributed by atoms with Gasteiger partial charge in [-0.3, -0.25) is 0 Å². The number of nitrogens with one attached hydrogen (secondary N) is 1. The number of hydrogen-bond acceptors (Lipinski definition) is 2. The van der Waals surface area contributed by atoms with Crippen LogP contribution in [0.2, 0.25) is 0 Å². The highest BCUT2D eigenvalue weighted by Crippen LogP contribution is 2.46. The Balaban J connectivity index is 2.46. The maximum Gasteiger partial charge on any atom is 0.0471 e. The summed E-state index contributed by atoms with van der Waals surface area (Å²) in [6.45, 7) is 12.4. The first kappa shape index (κ1) is 17.0. The van der Waals surface area contributed by atoms with Crippen molar-refractivity contribution in [2.24, 2.45) is 16.7 Å². The van der Waals surface area contributed by atoms with E-state index < -0.39 is 0 Å². The van der Waals surface area contributed by atoms with Gasteiger partial charge in [-0.15, -0.1) is 0 Å². The van der Waals surface area contributed by atoms with E-state index in [0.717, 1.165) is 32.1 Å². The third-order valence-corrected chi connectivity index (χ3v) is 4.95. The molecule has 0 amide bonds. The Kier molecular flexibility index (Phi) is 6.82. The summed E-state index contributed by atoms with van der Waals surface area (Å²) in [5, 5.41) is 3.42. The molecular formula is C17H35NO. The van der Waals surface area contributed by atoms with Crippen LogP contribution in [0, 0.1) is 16.7 Å². The summed E-state index contributed by atoms with van der Waals surface area (Å²) in [6, 6.07) is 0. The Morgan fingerprint density at radius 1 is 1.16 bits per heavy atom. The zero-order valence-corrected chi connectivity index (χ0v) is 13.8. The van der Waals surface area contributed by atoms with Gasteiger partial charge in [-0.05, 0) is 62.3 Å². The molecule has 0 bridgehead atoms. The van der Waals surface area contributed by atoms with Gasteiger partial charge in [0.2, 0.25) is 0 Å². The summed E-state index contributed by atoms with van der Waals surface area (Å²) in [5.41, 5.74) is 0.967. The molecule has 0 spiro atoms. The predicted octanol–water partition coefficient (Wildman–Crippen LogP) is 4.25. The first-order valence-corrected chi connectivity index (χ1v) is 8.16. The first-order valence-electron chi connectivity index (χ1n) is 8.16. The van der Waals surface area contributed by atoms with Crippen molar-refractivity contribution in [3.8, 4) is 0 Å². The van der Waals surface area contributed by atoms with E-state index in [0.29, 0.717) is 10.8 Å². The van der Waals surface area contributed by atoms with Gasteiger partial charge in [0.15, 0.2) is 0 Å². The fourth-order valence-electron chi connectivity index (χ4n) is 3.52. The lowest BCUT2D eigenvalue weighted by Gasteiger charge is -2.44. The summed E-state index contributed by atoms with van der Waals surface area (Å²) < 4.78 is 5.72. The van der Waals surface area contributed by atoms with Crippen LogP contribution in [-0.2, 0) is 4.74 Å². The molecule has 1 N–H and O–H groups in total. The quantitative estimate of drug-likeness (QED) is 0.698. The predicted molar refractivity (Wildman–Crippen MR) is 83.5 cm³/mol. The fourth-order valence-corrected chi connectivity index (χ4v) is 3.52. The lowest BCUT2D eigenvalue weighted by molar-refractivity contribution is 0.0435. The van der Waals surface area contributed by atoms with Crippen molar-refractivity contribution in [2.75, 3.05) is 26.8 Å². The van der Waals surface area contributed by atoms with Crippen LogP contribution in [0.3, 0.4) is 0 Å². The zero-order valence-electron chi connectivity index (χ0n) is 13.8. The molecular weight excluding hydrogens is 234 g/mol. The van der Waals surface area contributed by atoms with Crippen molar-refractivity contribution in [1.29, 1.82) is 0 Å². The van der Waals surface area contributed by atoms with Crippen LogP contribution in [0.4, 0.5) is 0 Å². The third kappa shape index (κ3) is 5.43. The minimum Gasteiger partial charge on any atom is -0.381 e. The van der Waals surface area contributed by atoms with E-state index in [1.54, 1.807) is 0 Å². The highest BCUT2D eigenvalue weighted by atomic mass is 16.5. The van der Waals surface area contributed by atoms with Crippen molar-refractivity contribution < 1.29 is 4.74 Å². The summed E-state index contributed by atoms with van der Waals surface area (Å²) in [6.07, 6.45) is 7.87. The molecule has 19 heavy (non-hydrogen) atoms. The minimum absolute atomic E-state index is 0.477. The summed E-state index contributed by atoms with van der Waals surface area (Å²) in [4.78, 5) is 0. The molecule has 0 unspecified atom stereocenters. The number of rotatable bonds is 7. The largest absolute Gasteiger partial charge is 0.381 e. The van der Waals surface area contributed by atoms with Gasteiger partial charge in [0.25, 0.3) is 0 Å². The van der Waals surface area contributed by atoms with Crippen LogP contribution >= 0.6 is 0 Å². The Morgan fingerprint density at radius 2 is 1.79 bits per heavy atom. The van der Waals surface area contributed by atoms with Crippen molar-refractivity contribution in [1.82, 2.24) is 5.32 Å². The molecule has 0 heterocycles. The van der Waals surface area contributed by atoms with Gasteiger partial charge < -0.3 is 10.1 Å². The van der Waals surface area contributed by atoms with Gasteiger partial charge in [-0.25, -0.2) is 0 Å². The summed E-state index contributed by atoms with van der Waals surface area (Å²) in [7, 11) is 2.09. The van der Waals surface area contributed by atoms with E-state index in [9.17, 15) is 0 Å². The van der Waals surface area contributed by atoms with Crippen LogP contribution in [0.1, 0.15) is 66.2 Å². The monoisotopic (exact) mass is 269 g/mol. The molecule has 1 saturated carbocycles. The minimum atomic E-state index is 0.477. The summed E-state index contributed by atoms with van der Waals surface area (Å²) in [5.74, 6) is 0.897. The number of ether oxygens (including phenoxy) is 1.